The third-order valence-electron chi connectivity index (χ3n) is 4.44. The Bertz CT molecular complexity index is 537. The van der Waals surface area contributed by atoms with Crippen LogP contribution in [0.4, 0.5) is 0 Å². The van der Waals surface area contributed by atoms with Crippen molar-refractivity contribution in [1.82, 2.24) is 14.8 Å². The molecule has 0 bridgehead atoms. The van der Waals surface area contributed by atoms with E-state index < -0.39 is 0 Å². The minimum atomic E-state index is -0.102. The van der Waals surface area contributed by atoms with Crippen LogP contribution in [0.15, 0.2) is 5.38 Å². The van der Waals surface area contributed by atoms with Crippen molar-refractivity contribution in [2.75, 3.05) is 26.2 Å². The van der Waals surface area contributed by atoms with Crippen molar-refractivity contribution in [1.29, 1.82) is 0 Å². The van der Waals surface area contributed by atoms with Crippen LogP contribution in [0.5, 0.6) is 0 Å². The summed E-state index contributed by atoms with van der Waals surface area (Å²) < 4.78 is 0. The van der Waals surface area contributed by atoms with Crippen molar-refractivity contribution in [2.45, 2.75) is 52.6 Å². The SMILES string of the molecule is CC(N)C(C)C(=O)N1CCN(Cc2csc(C(C)(C)C)n2)CC1.Cl.Cl. The van der Waals surface area contributed by atoms with Gasteiger partial charge < -0.3 is 10.6 Å². The van der Waals surface area contributed by atoms with Crippen molar-refractivity contribution < 1.29 is 4.79 Å². The molecule has 2 N–H and O–H groups in total. The van der Waals surface area contributed by atoms with Crippen LogP contribution in [0.3, 0.4) is 0 Å². The first kappa shape index (κ1) is 24.6. The lowest BCUT2D eigenvalue weighted by molar-refractivity contribution is -0.137. The van der Waals surface area contributed by atoms with Crippen molar-refractivity contribution in [3.8, 4) is 0 Å². The van der Waals surface area contributed by atoms with Crippen LogP contribution in [0.2, 0.25) is 0 Å². The molecular weight excluding hydrogens is 379 g/mol. The fourth-order valence-electron chi connectivity index (χ4n) is 2.59. The molecule has 8 heteroatoms. The van der Waals surface area contributed by atoms with E-state index in [2.05, 4.69) is 31.1 Å². The number of amides is 1. The van der Waals surface area contributed by atoms with Crippen LogP contribution in [0, 0.1) is 5.92 Å². The van der Waals surface area contributed by atoms with Gasteiger partial charge in [-0.2, -0.15) is 0 Å². The van der Waals surface area contributed by atoms with Gasteiger partial charge in [0, 0.05) is 49.6 Å². The molecule has 1 aliphatic heterocycles. The molecule has 0 aromatic carbocycles. The Morgan fingerprint density at radius 3 is 2.24 bits per heavy atom. The van der Waals surface area contributed by atoms with Gasteiger partial charge in [-0.05, 0) is 6.92 Å². The number of nitrogens with two attached hydrogens (primary N) is 1. The number of hydrogen-bond acceptors (Lipinski definition) is 5. The Morgan fingerprint density at radius 1 is 1.24 bits per heavy atom. The lowest BCUT2D eigenvalue weighted by Crippen LogP contribution is -2.51. The molecule has 2 heterocycles. The maximum Gasteiger partial charge on any atom is 0.227 e. The molecule has 146 valence electrons. The number of thiazole rings is 1. The van der Waals surface area contributed by atoms with Gasteiger partial charge in [-0.1, -0.05) is 27.7 Å². The first-order valence-corrected chi connectivity index (χ1v) is 9.28. The van der Waals surface area contributed by atoms with Crippen LogP contribution in [0.1, 0.15) is 45.3 Å². The normalized spacial score (nSPS) is 18.1. The Hall–Kier alpha value is -0.400. The second kappa shape index (κ2) is 10.1. The summed E-state index contributed by atoms with van der Waals surface area (Å²) in [6.07, 6.45) is 0. The molecule has 2 rings (SSSR count). The van der Waals surface area contributed by atoms with Gasteiger partial charge in [0.2, 0.25) is 5.91 Å². The van der Waals surface area contributed by atoms with Gasteiger partial charge in [-0.15, -0.1) is 36.2 Å². The average molecular weight is 411 g/mol. The number of aromatic nitrogens is 1. The van der Waals surface area contributed by atoms with Crippen LogP contribution in [-0.4, -0.2) is 52.9 Å². The lowest BCUT2D eigenvalue weighted by atomic mass is 9.98. The van der Waals surface area contributed by atoms with Gasteiger partial charge in [0.15, 0.2) is 0 Å². The molecule has 1 aromatic heterocycles. The maximum absolute atomic E-state index is 12.3. The maximum atomic E-state index is 12.3. The third kappa shape index (κ3) is 6.68. The summed E-state index contributed by atoms with van der Waals surface area (Å²) in [4.78, 5) is 21.4. The topological polar surface area (TPSA) is 62.5 Å². The van der Waals surface area contributed by atoms with E-state index in [4.69, 9.17) is 10.7 Å². The van der Waals surface area contributed by atoms with Gasteiger partial charge in [0.1, 0.15) is 0 Å². The summed E-state index contributed by atoms with van der Waals surface area (Å²) in [6, 6.07) is -0.0913. The number of piperazine rings is 1. The van der Waals surface area contributed by atoms with E-state index in [1.807, 2.05) is 18.7 Å². The highest BCUT2D eigenvalue weighted by Crippen LogP contribution is 2.26. The first-order valence-electron chi connectivity index (χ1n) is 8.40. The average Bonchev–Trinajstić information content (AvgIpc) is 2.95. The number of carbonyl (C=O) groups is 1. The standard InChI is InChI=1S/C17H30N4OS.2ClH/c1-12(13(2)18)15(22)21-8-6-20(7-9-21)10-14-11-23-16(19-14)17(3,4)5;;/h11-13H,6-10,18H2,1-5H3;2*1H. The van der Waals surface area contributed by atoms with Gasteiger partial charge in [-0.25, -0.2) is 4.98 Å². The van der Waals surface area contributed by atoms with Crippen LogP contribution in [0.25, 0.3) is 0 Å². The minimum Gasteiger partial charge on any atom is -0.340 e. The molecule has 0 saturated carbocycles. The molecule has 2 unspecified atom stereocenters. The number of rotatable bonds is 4. The second-order valence-corrected chi connectivity index (χ2v) is 8.50. The number of halogens is 2. The van der Waals surface area contributed by atoms with Crippen molar-refractivity contribution in [2.24, 2.45) is 11.7 Å². The molecule has 0 radical (unpaired) electrons. The molecule has 1 fully saturated rings. The molecular formula is C17H32Cl2N4OS. The van der Waals surface area contributed by atoms with Crippen LogP contribution < -0.4 is 5.73 Å². The lowest BCUT2D eigenvalue weighted by Gasteiger charge is -2.36. The molecule has 1 saturated heterocycles. The largest absolute Gasteiger partial charge is 0.340 e. The van der Waals surface area contributed by atoms with Crippen molar-refractivity contribution in [3.05, 3.63) is 16.1 Å². The highest BCUT2D eigenvalue weighted by Gasteiger charge is 2.27. The Labute approximate surface area is 168 Å². The number of carbonyl (C=O) groups excluding carboxylic acids is 1. The van der Waals surface area contributed by atoms with E-state index in [1.54, 1.807) is 11.3 Å². The van der Waals surface area contributed by atoms with Crippen LogP contribution >= 0.6 is 36.2 Å². The van der Waals surface area contributed by atoms with Gasteiger partial charge in [-0.3, -0.25) is 9.69 Å². The van der Waals surface area contributed by atoms with E-state index in [0.29, 0.717) is 0 Å². The predicted octanol–water partition coefficient (Wildman–Crippen LogP) is 2.91. The second-order valence-electron chi connectivity index (χ2n) is 7.64. The smallest absolute Gasteiger partial charge is 0.227 e. The van der Waals surface area contributed by atoms with Crippen LogP contribution in [-0.2, 0) is 16.8 Å². The summed E-state index contributed by atoms with van der Waals surface area (Å²) in [5.74, 6) is 0.0813. The zero-order valence-electron chi connectivity index (χ0n) is 15.8. The van der Waals surface area contributed by atoms with E-state index in [0.717, 1.165) is 38.4 Å². The van der Waals surface area contributed by atoms with E-state index in [1.165, 1.54) is 5.01 Å². The quantitative estimate of drug-likeness (QED) is 0.828. The predicted molar refractivity (Wildman–Crippen MR) is 110 cm³/mol. The first-order chi connectivity index (χ1) is 10.7. The Balaban J connectivity index is 0.00000288. The summed E-state index contributed by atoms with van der Waals surface area (Å²) >= 11 is 1.74. The van der Waals surface area contributed by atoms with Gasteiger partial charge >= 0.3 is 0 Å². The third-order valence-corrected chi connectivity index (χ3v) is 5.76. The number of nitrogens with zero attached hydrogens (tertiary/aromatic N) is 3. The fraction of sp³-hybridized carbons (Fsp3) is 0.765. The zero-order valence-corrected chi connectivity index (χ0v) is 18.3. The highest BCUT2D eigenvalue weighted by atomic mass is 35.5. The molecule has 1 amide bonds. The molecule has 0 aliphatic carbocycles. The minimum absolute atomic E-state index is 0. The summed E-state index contributed by atoms with van der Waals surface area (Å²) in [5.41, 5.74) is 7.10. The zero-order chi connectivity index (χ0) is 17.2. The highest BCUT2D eigenvalue weighted by molar-refractivity contribution is 7.09. The Morgan fingerprint density at radius 2 is 1.80 bits per heavy atom. The molecule has 2 atom stereocenters. The molecule has 1 aliphatic rings. The van der Waals surface area contributed by atoms with E-state index >= 15 is 0 Å². The molecule has 5 nitrogen and oxygen atoms in total. The summed E-state index contributed by atoms with van der Waals surface area (Å²) in [6.45, 7) is 14.6. The van der Waals surface area contributed by atoms with E-state index in [9.17, 15) is 4.79 Å². The molecule has 25 heavy (non-hydrogen) atoms. The molecule has 1 aromatic rings. The fourth-order valence-corrected chi connectivity index (χ4v) is 3.49. The summed E-state index contributed by atoms with van der Waals surface area (Å²) in [7, 11) is 0. The number of hydrogen-bond donors (Lipinski definition) is 1. The van der Waals surface area contributed by atoms with E-state index in [-0.39, 0.29) is 48.1 Å². The molecule has 0 spiro atoms. The summed E-state index contributed by atoms with van der Waals surface area (Å²) in [5, 5.41) is 3.35. The van der Waals surface area contributed by atoms with Gasteiger partial charge in [0.25, 0.3) is 0 Å². The van der Waals surface area contributed by atoms with Gasteiger partial charge in [0.05, 0.1) is 16.6 Å². The van der Waals surface area contributed by atoms with Crippen molar-refractivity contribution in [3.63, 3.8) is 0 Å². The monoisotopic (exact) mass is 410 g/mol. The van der Waals surface area contributed by atoms with Crippen molar-refractivity contribution >= 4 is 42.1 Å². The Kier molecular flexibility index (Phi) is 9.91.